The minimum absolute atomic E-state index is 0.211. The summed E-state index contributed by atoms with van der Waals surface area (Å²) in [5, 5.41) is 2.61. The van der Waals surface area contributed by atoms with Crippen LogP contribution in [0.1, 0.15) is 12.8 Å². The lowest BCUT2D eigenvalue weighted by molar-refractivity contribution is -0.117. The van der Waals surface area contributed by atoms with Gasteiger partial charge in [-0.1, -0.05) is 0 Å². The highest BCUT2D eigenvalue weighted by atomic mass is 19.1. The fraction of sp³-hybridized carbons (Fsp3) is 0.533. The van der Waals surface area contributed by atoms with Crippen LogP contribution in [0.15, 0.2) is 18.2 Å². The van der Waals surface area contributed by atoms with Crippen molar-refractivity contribution >= 4 is 17.3 Å². The molecule has 1 aliphatic carbocycles. The average molecular weight is 295 g/mol. The van der Waals surface area contributed by atoms with Crippen LogP contribution < -0.4 is 11.1 Å². The summed E-state index contributed by atoms with van der Waals surface area (Å²) in [5.74, 6) is 0.0906. The Kier molecular flexibility index (Phi) is 5.52. The molecule has 0 atom stereocenters. The monoisotopic (exact) mass is 295 g/mol. The molecule has 1 aliphatic rings. The van der Waals surface area contributed by atoms with Crippen LogP contribution in [0.25, 0.3) is 0 Å². The van der Waals surface area contributed by atoms with Crippen LogP contribution in [-0.4, -0.2) is 44.2 Å². The molecule has 0 saturated heterocycles. The van der Waals surface area contributed by atoms with Crippen LogP contribution >= 0.6 is 0 Å². The summed E-state index contributed by atoms with van der Waals surface area (Å²) in [7, 11) is 1.84. The van der Waals surface area contributed by atoms with Crippen molar-refractivity contribution < 1.29 is 13.9 Å². The molecule has 0 unspecified atom stereocenters. The predicted molar refractivity (Wildman–Crippen MR) is 80.5 cm³/mol. The first-order valence-corrected chi connectivity index (χ1v) is 7.16. The Morgan fingerprint density at radius 3 is 3.00 bits per heavy atom. The van der Waals surface area contributed by atoms with E-state index in [0.717, 1.165) is 12.5 Å². The average Bonchev–Trinajstić information content (AvgIpc) is 3.23. The summed E-state index contributed by atoms with van der Waals surface area (Å²) < 4.78 is 18.6. The zero-order valence-electron chi connectivity index (χ0n) is 12.3. The Morgan fingerprint density at radius 2 is 2.29 bits per heavy atom. The van der Waals surface area contributed by atoms with Crippen molar-refractivity contribution in [1.82, 2.24) is 4.90 Å². The topological polar surface area (TPSA) is 67.6 Å². The quantitative estimate of drug-likeness (QED) is 0.566. The number of nitrogens with two attached hydrogens (primary N) is 1. The van der Waals surface area contributed by atoms with Gasteiger partial charge in [-0.05, 0) is 44.0 Å². The minimum atomic E-state index is -0.429. The number of hydrogen-bond donors (Lipinski definition) is 2. The van der Waals surface area contributed by atoms with Gasteiger partial charge in [-0.25, -0.2) is 4.39 Å². The molecular weight excluding hydrogens is 273 g/mol. The lowest BCUT2D eigenvalue weighted by atomic mass is 10.2. The third-order valence-electron chi connectivity index (χ3n) is 3.37. The molecule has 6 heteroatoms. The smallest absolute Gasteiger partial charge is 0.238 e. The third-order valence-corrected chi connectivity index (χ3v) is 3.37. The molecule has 0 heterocycles. The normalized spacial score (nSPS) is 14.4. The first kappa shape index (κ1) is 15.7. The van der Waals surface area contributed by atoms with Crippen molar-refractivity contribution in [3.8, 4) is 0 Å². The Labute approximate surface area is 124 Å². The van der Waals surface area contributed by atoms with Gasteiger partial charge in [-0.2, -0.15) is 0 Å². The molecule has 1 aromatic rings. The van der Waals surface area contributed by atoms with Crippen LogP contribution in [0.3, 0.4) is 0 Å². The predicted octanol–water partition coefficient (Wildman–Crippen LogP) is 1.70. The fourth-order valence-electron chi connectivity index (χ4n) is 1.91. The first-order chi connectivity index (χ1) is 10.0. The highest BCUT2D eigenvalue weighted by Gasteiger charge is 2.21. The molecule has 1 amide bonds. The third kappa shape index (κ3) is 5.69. The van der Waals surface area contributed by atoms with E-state index >= 15 is 0 Å². The maximum Gasteiger partial charge on any atom is 0.238 e. The zero-order valence-corrected chi connectivity index (χ0v) is 12.3. The van der Waals surface area contributed by atoms with Crippen LogP contribution in [0, 0.1) is 11.7 Å². The Bertz CT molecular complexity index is 492. The lowest BCUT2D eigenvalue weighted by Crippen LogP contribution is -2.32. The van der Waals surface area contributed by atoms with Crippen LogP contribution in [0.4, 0.5) is 15.8 Å². The first-order valence-electron chi connectivity index (χ1n) is 7.16. The maximum absolute atomic E-state index is 13.1. The molecule has 3 N–H and O–H groups in total. The second-order valence-corrected chi connectivity index (χ2v) is 5.54. The van der Waals surface area contributed by atoms with E-state index in [9.17, 15) is 9.18 Å². The van der Waals surface area contributed by atoms with Crippen LogP contribution in [0.5, 0.6) is 0 Å². The van der Waals surface area contributed by atoms with Gasteiger partial charge in [-0.3, -0.25) is 9.69 Å². The fourth-order valence-corrected chi connectivity index (χ4v) is 1.91. The number of benzene rings is 1. The number of rotatable bonds is 8. The summed E-state index contributed by atoms with van der Waals surface area (Å²) in [6, 6.07) is 3.90. The number of anilines is 2. The molecule has 0 aromatic heterocycles. The van der Waals surface area contributed by atoms with Crippen molar-refractivity contribution in [2.75, 3.05) is 44.4 Å². The molecule has 0 spiro atoms. The van der Waals surface area contributed by atoms with Gasteiger partial charge in [-0.15, -0.1) is 0 Å². The Morgan fingerprint density at radius 1 is 1.52 bits per heavy atom. The molecule has 2 rings (SSSR count). The van der Waals surface area contributed by atoms with Gasteiger partial charge in [0.25, 0.3) is 0 Å². The molecule has 1 fully saturated rings. The number of hydrogen-bond acceptors (Lipinski definition) is 4. The highest BCUT2D eigenvalue weighted by molar-refractivity contribution is 5.95. The van der Waals surface area contributed by atoms with Gasteiger partial charge in [0.2, 0.25) is 5.91 Å². The largest absolute Gasteiger partial charge is 0.397 e. The second kappa shape index (κ2) is 7.38. The second-order valence-electron chi connectivity index (χ2n) is 5.54. The molecular formula is C15H22FN3O2. The minimum Gasteiger partial charge on any atom is -0.397 e. The molecule has 1 aromatic carbocycles. The SMILES string of the molecule is CN(CCOCC1CC1)CC(=O)Nc1cc(F)ccc1N. The van der Waals surface area contributed by atoms with Gasteiger partial charge in [0.15, 0.2) is 0 Å². The van der Waals surface area contributed by atoms with E-state index in [2.05, 4.69) is 5.32 Å². The van der Waals surface area contributed by atoms with Gasteiger partial charge in [0.1, 0.15) is 5.82 Å². The molecule has 0 bridgehead atoms. The molecule has 1 saturated carbocycles. The van der Waals surface area contributed by atoms with Crippen LogP contribution in [0.2, 0.25) is 0 Å². The number of ether oxygens (including phenoxy) is 1. The summed E-state index contributed by atoms with van der Waals surface area (Å²) in [5.41, 5.74) is 6.34. The van der Waals surface area contributed by atoms with Crippen molar-refractivity contribution in [1.29, 1.82) is 0 Å². The zero-order chi connectivity index (χ0) is 15.2. The summed E-state index contributed by atoms with van der Waals surface area (Å²) in [6.07, 6.45) is 2.54. The number of nitrogens with one attached hydrogen (secondary N) is 1. The van der Waals surface area contributed by atoms with E-state index in [1.54, 1.807) is 0 Å². The number of carbonyl (C=O) groups is 1. The molecule has 0 aliphatic heterocycles. The van der Waals surface area contributed by atoms with E-state index in [-0.39, 0.29) is 12.5 Å². The van der Waals surface area contributed by atoms with E-state index in [1.165, 1.54) is 31.0 Å². The maximum atomic E-state index is 13.1. The van der Waals surface area contributed by atoms with E-state index in [0.29, 0.717) is 24.5 Å². The number of halogens is 1. The number of carbonyl (C=O) groups excluding carboxylic acids is 1. The van der Waals surface area contributed by atoms with Crippen LogP contribution in [-0.2, 0) is 9.53 Å². The summed E-state index contributed by atoms with van der Waals surface area (Å²) >= 11 is 0. The molecule has 0 radical (unpaired) electrons. The van der Waals surface area contributed by atoms with E-state index in [1.807, 2.05) is 11.9 Å². The standard InChI is InChI=1S/C15H22FN3O2/c1-19(6-7-21-10-11-2-3-11)9-15(20)18-14-8-12(16)4-5-13(14)17/h4-5,8,11H,2-3,6-7,9-10,17H2,1H3,(H,18,20). The van der Waals surface area contributed by atoms with E-state index < -0.39 is 5.82 Å². The molecule has 21 heavy (non-hydrogen) atoms. The lowest BCUT2D eigenvalue weighted by Gasteiger charge is -2.16. The number of likely N-dealkylation sites (N-methyl/N-ethyl adjacent to an activating group) is 1. The van der Waals surface area contributed by atoms with Crippen molar-refractivity contribution in [3.05, 3.63) is 24.0 Å². The van der Waals surface area contributed by atoms with Gasteiger partial charge >= 0.3 is 0 Å². The molecule has 116 valence electrons. The van der Waals surface area contributed by atoms with Gasteiger partial charge in [0, 0.05) is 13.2 Å². The summed E-state index contributed by atoms with van der Waals surface area (Å²) in [4.78, 5) is 13.7. The van der Waals surface area contributed by atoms with Crippen molar-refractivity contribution in [2.24, 2.45) is 5.92 Å². The van der Waals surface area contributed by atoms with Crippen molar-refractivity contribution in [3.63, 3.8) is 0 Å². The van der Waals surface area contributed by atoms with Gasteiger partial charge < -0.3 is 15.8 Å². The number of nitrogen functional groups attached to an aromatic ring is 1. The highest BCUT2D eigenvalue weighted by Crippen LogP contribution is 2.28. The molecule has 5 nitrogen and oxygen atoms in total. The summed E-state index contributed by atoms with van der Waals surface area (Å²) in [6.45, 7) is 2.32. The van der Waals surface area contributed by atoms with Gasteiger partial charge in [0.05, 0.1) is 24.5 Å². The number of amides is 1. The Hall–Kier alpha value is -1.66. The Balaban J connectivity index is 1.68. The number of nitrogens with zero attached hydrogens (tertiary/aromatic N) is 1. The van der Waals surface area contributed by atoms with Crippen molar-refractivity contribution in [2.45, 2.75) is 12.8 Å². The van der Waals surface area contributed by atoms with E-state index in [4.69, 9.17) is 10.5 Å².